The van der Waals surface area contributed by atoms with Gasteiger partial charge in [-0.3, -0.25) is 0 Å². The molecule has 1 N–H and O–H groups in total. The van der Waals surface area contributed by atoms with E-state index in [1.165, 1.54) is 40.7 Å². The number of nitrogens with one attached hydrogen (secondary N) is 1. The van der Waals surface area contributed by atoms with Gasteiger partial charge in [-0.25, -0.2) is 0 Å². The van der Waals surface area contributed by atoms with Crippen LogP contribution in [-0.4, -0.2) is 0 Å². The van der Waals surface area contributed by atoms with Crippen molar-refractivity contribution in [1.29, 1.82) is 0 Å². The van der Waals surface area contributed by atoms with Gasteiger partial charge in [0.05, 0.1) is 0 Å². The van der Waals surface area contributed by atoms with Gasteiger partial charge >= 0.3 is 0 Å². The topological polar surface area (TPSA) is 12.0 Å². The van der Waals surface area contributed by atoms with Crippen LogP contribution in [0.1, 0.15) is 16.9 Å². The highest BCUT2D eigenvalue weighted by atomic mass is 32.1. The summed E-state index contributed by atoms with van der Waals surface area (Å²) in [6.45, 7) is 0. The first-order valence-corrected chi connectivity index (χ1v) is 10.9. The van der Waals surface area contributed by atoms with E-state index in [0.29, 0.717) is 0 Å². The lowest BCUT2D eigenvalue weighted by Crippen LogP contribution is -1.91. The monoisotopic (exact) mass is 383 g/mol. The van der Waals surface area contributed by atoms with Gasteiger partial charge < -0.3 is 5.32 Å². The van der Waals surface area contributed by atoms with Gasteiger partial charge in [0, 0.05) is 41.1 Å². The molecule has 0 radical (unpaired) electrons. The molecule has 2 aromatic heterocycles. The zero-order valence-corrected chi connectivity index (χ0v) is 16.3. The lowest BCUT2D eigenvalue weighted by atomic mass is 10.0. The Kier molecular flexibility index (Phi) is 3.40. The maximum Gasteiger partial charge on any atom is 0.0391 e. The maximum atomic E-state index is 3.63. The molecule has 5 aromatic rings. The molecule has 1 aliphatic rings. The van der Waals surface area contributed by atoms with Crippen molar-refractivity contribution >= 4 is 70.4 Å². The molecular formula is C24H17NS2. The maximum absolute atomic E-state index is 3.63. The second kappa shape index (κ2) is 5.95. The van der Waals surface area contributed by atoms with Crippen LogP contribution in [0, 0.1) is 0 Å². The second-order valence-corrected chi connectivity index (χ2v) is 9.20. The van der Waals surface area contributed by atoms with E-state index in [1.807, 2.05) is 22.7 Å². The summed E-state index contributed by atoms with van der Waals surface area (Å²) in [7, 11) is 0. The van der Waals surface area contributed by atoms with Crippen LogP contribution in [0.25, 0.3) is 36.3 Å². The minimum absolute atomic E-state index is 1.15. The van der Waals surface area contributed by atoms with Crippen LogP contribution >= 0.6 is 22.7 Å². The predicted octanol–water partition coefficient (Wildman–Crippen LogP) is 7.97. The summed E-state index contributed by atoms with van der Waals surface area (Å²) in [6, 6.07) is 22.1. The molecule has 0 unspecified atom stereocenters. The first-order valence-electron chi connectivity index (χ1n) is 9.25. The molecule has 1 nitrogen and oxygen atoms in total. The van der Waals surface area contributed by atoms with E-state index >= 15 is 0 Å². The molecular weight excluding hydrogens is 366 g/mol. The molecule has 0 saturated carbocycles. The van der Waals surface area contributed by atoms with Crippen molar-refractivity contribution < 1.29 is 0 Å². The van der Waals surface area contributed by atoms with E-state index in [4.69, 9.17) is 0 Å². The summed E-state index contributed by atoms with van der Waals surface area (Å²) in [6.07, 6.45) is 6.88. The standard InChI is InChI=1S/C24H17NS2/c1-3-7-21-17(5-1)19-13-15(9-11-23(19)26-21)25-16-10-12-24-20(14-16)18-6-2-4-8-22(18)27-24/h1,3-5,7-14,25H,2,6H2. The fourth-order valence-electron chi connectivity index (χ4n) is 4.03. The Balaban J connectivity index is 1.43. The van der Waals surface area contributed by atoms with Gasteiger partial charge in [-0.1, -0.05) is 24.3 Å². The minimum atomic E-state index is 1.15. The van der Waals surface area contributed by atoms with Crippen LogP contribution in [-0.2, 0) is 6.42 Å². The SMILES string of the molecule is C1=Cc2sc3ccc(Nc4ccc5sc6ccccc6c5c4)cc3c2CC1. The average molecular weight is 384 g/mol. The first kappa shape index (κ1) is 15.4. The molecule has 0 bridgehead atoms. The fourth-order valence-corrected chi connectivity index (χ4v) is 6.28. The highest BCUT2D eigenvalue weighted by molar-refractivity contribution is 7.25. The Morgan fingerprint density at radius 2 is 1.44 bits per heavy atom. The van der Waals surface area contributed by atoms with Gasteiger partial charge in [-0.05, 0) is 72.3 Å². The molecule has 0 saturated heterocycles. The molecule has 1 aliphatic carbocycles. The highest BCUT2D eigenvalue weighted by Crippen LogP contribution is 2.38. The van der Waals surface area contributed by atoms with E-state index in [1.54, 1.807) is 0 Å². The third-order valence-electron chi connectivity index (χ3n) is 5.32. The Labute approximate surface area is 165 Å². The number of thiophene rings is 2. The van der Waals surface area contributed by atoms with Crippen molar-refractivity contribution in [2.75, 3.05) is 5.32 Å². The first-order chi connectivity index (χ1) is 13.3. The van der Waals surface area contributed by atoms with Gasteiger partial charge in [0.15, 0.2) is 0 Å². The molecule has 130 valence electrons. The third kappa shape index (κ3) is 2.50. The van der Waals surface area contributed by atoms with Crippen LogP contribution in [0.15, 0.2) is 66.7 Å². The molecule has 3 heteroatoms. The predicted molar refractivity (Wildman–Crippen MR) is 122 cm³/mol. The number of hydrogen-bond acceptors (Lipinski definition) is 3. The molecule has 0 atom stereocenters. The van der Waals surface area contributed by atoms with Crippen molar-refractivity contribution in [1.82, 2.24) is 0 Å². The number of benzene rings is 3. The number of anilines is 2. The van der Waals surface area contributed by atoms with Gasteiger partial charge in [0.2, 0.25) is 0 Å². The molecule has 0 aliphatic heterocycles. The summed E-state index contributed by atoms with van der Waals surface area (Å²) in [5, 5.41) is 7.72. The van der Waals surface area contributed by atoms with Crippen LogP contribution in [0.2, 0.25) is 0 Å². The quantitative estimate of drug-likeness (QED) is 0.326. The summed E-state index contributed by atoms with van der Waals surface area (Å²) >= 11 is 3.77. The van der Waals surface area contributed by atoms with Crippen molar-refractivity contribution in [3.8, 4) is 0 Å². The van der Waals surface area contributed by atoms with Crippen molar-refractivity contribution in [2.24, 2.45) is 0 Å². The number of rotatable bonds is 2. The van der Waals surface area contributed by atoms with Crippen LogP contribution in [0.4, 0.5) is 11.4 Å². The zero-order valence-electron chi connectivity index (χ0n) is 14.7. The van der Waals surface area contributed by atoms with Gasteiger partial charge in [0.1, 0.15) is 0 Å². The van der Waals surface area contributed by atoms with Gasteiger partial charge in [-0.15, -0.1) is 22.7 Å². The van der Waals surface area contributed by atoms with E-state index in [0.717, 1.165) is 24.2 Å². The highest BCUT2D eigenvalue weighted by Gasteiger charge is 2.13. The zero-order chi connectivity index (χ0) is 17.8. The normalized spacial score (nSPS) is 13.5. The summed E-state index contributed by atoms with van der Waals surface area (Å²) in [5.41, 5.74) is 3.83. The van der Waals surface area contributed by atoms with Crippen molar-refractivity contribution in [3.63, 3.8) is 0 Å². The molecule has 0 spiro atoms. The number of fused-ring (bicyclic) bond motifs is 6. The van der Waals surface area contributed by atoms with E-state index < -0.39 is 0 Å². The molecule has 2 heterocycles. The van der Waals surface area contributed by atoms with Gasteiger partial charge in [0.25, 0.3) is 0 Å². The summed E-state index contributed by atoms with van der Waals surface area (Å²) < 4.78 is 4.08. The third-order valence-corrected chi connectivity index (χ3v) is 7.65. The lowest BCUT2D eigenvalue weighted by molar-refractivity contribution is 1.01. The fraction of sp³-hybridized carbons (Fsp3) is 0.0833. The van der Waals surface area contributed by atoms with E-state index in [-0.39, 0.29) is 0 Å². The minimum Gasteiger partial charge on any atom is -0.355 e. The summed E-state index contributed by atoms with van der Waals surface area (Å²) in [4.78, 5) is 1.43. The molecule has 6 rings (SSSR count). The molecule has 27 heavy (non-hydrogen) atoms. The number of hydrogen-bond donors (Lipinski definition) is 1. The Morgan fingerprint density at radius 1 is 0.704 bits per heavy atom. The summed E-state index contributed by atoms with van der Waals surface area (Å²) in [5.74, 6) is 0. The average Bonchev–Trinajstić information content (AvgIpc) is 3.26. The Morgan fingerprint density at radius 3 is 2.33 bits per heavy atom. The van der Waals surface area contributed by atoms with Crippen molar-refractivity contribution in [3.05, 3.63) is 77.2 Å². The number of allylic oxidation sites excluding steroid dienone is 1. The van der Waals surface area contributed by atoms with E-state index in [2.05, 4.69) is 78.1 Å². The molecule has 0 amide bonds. The van der Waals surface area contributed by atoms with Crippen LogP contribution in [0.3, 0.4) is 0 Å². The van der Waals surface area contributed by atoms with Crippen molar-refractivity contribution in [2.45, 2.75) is 12.8 Å². The Bertz CT molecular complexity index is 1350. The smallest absolute Gasteiger partial charge is 0.0391 e. The van der Waals surface area contributed by atoms with Gasteiger partial charge in [-0.2, -0.15) is 0 Å². The van der Waals surface area contributed by atoms with E-state index in [9.17, 15) is 0 Å². The Hall–Kier alpha value is -2.62. The van der Waals surface area contributed by atoms with Crippen LogP contribution in [0.5, 0.6) is 0 Å². The number of aryl methyl sites for hydroxylation is 1. The molecule has 3 aromatic carbocycles. The van der Waals surface area contributed by atoms with Crippen LogP contribution < -0.4 is 5.32 Å². The largest absolute Gasteiger partial charge is 0.355 e. The molecule has 0 fully saturated rings. The lowest BCUT2D eigenvalue weighted by Gasteiger charge is -2.09. The second-order valence-electron chi connectivity index (χ2n) is 7.03.